The maximum Gasteiger partial charge on any atom is 0.336 e. The van der Waals surface area contributed by atoms with Crippen LogP contribution in [0.5, 0.6) is 0 Å². The average molecular weight is 395 g/mol. The molecule has 0 bridgehead atoms. The molecule has 154 valence electrons. The van der Waals surface area contributed by atoms with Gasteiger partial charge in [0.15, 0.2) is 0 Å². The first-order chi connectivity index (χ1) is 14.0. The van der Waals surface area contributed by atoms with Gasteiger partial charge in [0.2, 0.25) is 0 Å². The Bertz CT molecular complexity index is 859. The second-order valence-electron chi connectivity index (χ2n) is 8.18. The summed E-state index contributed by atoms with van der Waals surface area (Å²) in [6.07, 6.45) is 9.33. The lowest BCUT2D eigenvalue weighted by Gasteiger charge is -2.29. The van der Waals surface area contributed by atoms with E-state index in [4.69, 9.17) is 0 Å². The highest BCUT2D eigenvalue weighted by Crippen LogP contribution is 2.39. The van der Waals surface area contributed by atoms with Gasteiger partial charge in [-0.25, -0.2) is 9.18 Å². The van der Waals surface area contributed by atoms with Crippen molar-refractivity contribution in [3.05, 3.63) is 65.0 Å². The molecule has 1 saturated carbocycles. The number of allylic oxidation sites excluding steroid dienone is 1. The Morgan fingerprint density at radius 1 is 1.07 bits per heavy atom. The summed E-state index contributed by atoms with van der Waals surface area (Å²) in [7, 11) is 0. The molecule has 0 radical (unpaired) electrons. The van der Waals surface area contributed by atoms with Crippen LogP contribution < -0.4 is 0 Å². The first-order valence-electron chi connectivity index (χ1n) is 10.9. The summed E-state index contributed by atoms with van der Waals surface area (Å²) < 4.78 is 13.5. The van der Waals surface area contributed by atoms with E-state index in [9.17, 15) is 14.3 Å². The molecule has 1 aliphatic carbocycles. The van der Waals surface area contributed by atoms with E-state index in [1.165, 1.54) is 50.2 Å². The smallest absolute Gasteiger partial charge is 0.336 e. The van der Waals surface area contributed by atoms with Gasteiger partial charge in [0.25, 0.3) is 0 Å². The molecule has 0 spiro atoms. The standard InChI is InChI=1S/C26H31FO2/c1-3-5-18-6-10-20(11-7-18)22-14-15-24(26(28)29)25(17-22)21-12-8-19(9-13-21)16-23(27)4-2/h8-9,12-18,20H,3-7,10-11H2,1-2H3,(H,28,29)/b23-16+. The van der Waals surface area contributed by atoms with Crippen molar-refractivity contribution in [2.75, 3.05) is 0 Å². The maximum atomic E-state index is 13.5. The molecule has 2 nitrogen and oxygen atoms in total. The Kier molecular flexibility index (Phi) is 7.24. The Labute approximate surface area is 173 Å². The third kappa shape index (κ3) is 5.35. The first kappa shape index (κ1) is 21.3. The van der Waals surface area contributed by atoms with Crippen LogP contribution in [-0.4, -0.2) is 11.1 Å². The second-order valence-corrected chi connectivity index (χ2v) is 8.18. The molecule has 29 heavy (non-hydrogen) atoms. The lowest BCUT2D eigenvalue weighted by Crippen LogP contribution is -2.13. The van der Waals surface area contributed by atoms with Crippen LogP contribution in [0.2, 0.25) is 0 Å². The van der Waals surface area contributed by atoms with Crippen LogP contribution in [0.15, 0.2) is 48.3 Å². The second kappa shape index (κ2) is 9.87. The normalized spacial score (nSPS) is 19.9. The zero-order chi connectivity index (χ0) is 20.8. The zero-order valence-electron chi connectivity index (χ0n) is 17.5. The Hall–Kier alpha value is -2.42. The van der Waals surface area contributed by atoms with E-state index in [0.717, 1.165) is 22.6 Å². The van der Waals surface area contributed by atoms with Crippen LogP contribution in [0.4, 0.5) is 4.39 Å². The first-order valence-corrected chi connectivity index (χ1v) is 10.9. The average Bonchev–Trinajstić information content (AvgIpc) is 2.74. The summed E-state index contributed by atoms with van der Waals surface area (Å²) >= 11 is 0. The van der Waals surface area contributed by atoms with Crippen LogP contribution in [-0.2, 0) is 0 Å². The molecule has 3 rings (SSSR count). The van der Waals surface area contributed by atoms with Gasteiger partial charge < -0.3 is 5.11 Å². The minimum absolute atomic E-state index is 0.162. The highest BCUT2D eigenvalue weighted by Gasteiger charge is 2.23. The van der Waals surface area contributed by atoms with Gasteiger partial charge in [0.1, 0.15) is 5.83 Å². The lowest BCUT2D eigenvalue weighted by atomic mass is 9.76. The lowest BCUT2D eigenvalue weighted by molar-refractivity contribution is 0.0697. The minimum atomic E-state index is -0.917. The molecule has 1 fully saturated rings. The zero-order valence-corrected chi connectivity index (χ0v) is 17.5. The maximum absolute atomic E-state index is 13.5. The molecular weight excluding hydrogens is 363 g/mol. The summed E-state index contributed by atoms with van der Waals surface area (Å²) in [5, 5.41) is 9.67. The summed E-state index contributed by atoms with van der Waals surface area (Å²) in [6.45, 7) is 4.03. The predicted molar refractivity (Wildman–Crippen MR) is 118 cm³/mol. The van der Waals surface area contributed by atoms with E-state index < -0.39 is 5.97 Å². The number of halogens is 1. The van der Waals surface area contributed by atoms with Gasteiger partial charge >= 0.3 is 5.97 Å². The summed E-state index contributed by atoms with van der Waals surface area (Å²) in [6, 6.07) is 13.3. The van der Waals surface area contributed by atoms with Crippen LogP contribution in [0.3, 0.4) is 0 Å². The molecule has 0 aliphatic heterocycles. The third-order valence-electron chi connectivity index (χ3n) is 6.17. The number of hydrogen-bond donors (Lipinski definition) is 1. The Morgan fingerprint density at radius 2 is 1.76 bits per heavy atom. The summed E-state index contributed by atoms with van der Waals surface area (Å²) in [4.78, 5) is 11.8. The van der Waals surface area contributed by atoms with E-state index in [1.54, 1.807) is 13.0 Å². The van der Waals surface area contributed by atoms with Crippen LogP contribution in [0, 0.1) is 5.92 Å². The molecule has 0 saturated heterocycles. The monoisotopic (exact) mass is 394 g/mol. The molecular formula is C26H31FO2. The van der Waals surface area contributed by atoms with Gasteiger partial charge in [-0.3, -0.25) is 0 Å². The van der Waals surface area contributed by atoms with E-state index in [1.807, 2.05) is 30.3 Å². The van der Waals surface area contributed by atoms with Crippen molar-refractivity contribution in [1.82, 2.24) is 0 Å². The summed E-state index contributed by atoms with van der Waals surface area (Å²) in [5.74, 6) is 0.271. The van der Waals surface area contributed by atoms with Gasteiger partial charge in [-0.2, -0.15) is 0 Å². The SMILES string of the molecule is CCCC1CCC(c2ccc(C(=O)O)c(-c3ccc(/C=C(/F)CC)cc3)c2)CC1. The van der Waals surface area contributed by atoms with Crippen LogP contribution in [0.1, 0.15) is 86.2 Å². The van der Waals surface area contributed by atoms with Crippen molar-refractivity contribution in [2.45, 2.75) is 64.7 Å². The van der Waals surface area contributed by atoms with E-state index >= 15 is 0 Å². The molecule has 0 atom stereocenters. The van der Waals surface area contributed by atoms with Crippen LogP contribution in [0.25, 0.3) is 17.2 Å². The number of carbonyl (C=O) groups is 1. The number of carboxylic acid groups (broad SMARTS) is 1. The van der Waals surface area contributed by atoms with Crippen LogP contribution >= 0.6 is 0 Å². The molecule has 3 heteroatoms. The molecule has 0 heterocycles. The van der Waals surface area contributed by atoms with E-state index in [0.29, 0.717) is 17.9 Å². The fraction of sp³-hybridized carbons (Fsp3) is 0.423. The number of carboxylic acids is 1. The summed E-state index contributed by atoms with van der Waals surface area (Å²) in [5.41, 5.74) is 3.95. The van der Waals surface area contributed by atoms with Crippen molar-refractivity contribution in [3.8, 4) is 11.1 Å². The van der Waals surface area contributed by atoms with Crippen molar-refractivity contribution in [2.24, 2.45) is 5.92 Å². The van der Waals surface area contributed by atoms with Crippen molar-refractivity contribution >= 4 is 12.0 Å². The quantitative estimate of drug-likeness (QED) is 0.519. The van der Waals surface area contributed by atoms with E-state index in [2.05, 4.69) is 13.0 Å². The molecule has 0 aromatic heterocycles. The van der Waals surface area contributed by atoms with Gasteiger partial charge in [0.05, 0.1) is 5.56 Å². The largest absolute Gasteiger partial charge is 0.478 e. The Balaban J connectivity index is 1.87. The van der Waals surface area contributed by atoms with Gasteiger partial charge in [-0.05, 0) is 78.3 Å². The minimum Gasteiger partial charge on any atom is -0.478 e. The van der Waals surface area contributed by atoms with Gasteiger partial charge in [-0.15, -0.1) is 0 Å². The van der Waals surface area contributed by atoms with Gasteiger partial charge in [0, 0.05) is 0 Å². The fourth-order valence-corrected chi connectivity index (χ4v) is 4.48. The highest BCUT2D eigenvalue weighted by molar-refractivity contribution is 5.96. The number of hydrogen-bond acceptors (Lipinski definition) is 1. The topological polar surface area (TPSA) is 37.3 Å². The molecule has 2 aromatic carbocycles. The molecule has 1 aliphatic rings. The molecule has 1 N–H and O–H groups in total. The number of benzene rings is 2. The molecule has 2 aromatic rings. The van der Waals surface area contributed by atoms with Crippen molar-refractivity contribution in [3.63, 3.8) is 0 Å². The fourth-order valence-electron chi connectivity index (χ4n) is 4.48. The number of rotatable bonds is 7. The third-order valence-corrected chi connectivity index (χ3v) is 6.17. The van der Waals surface area contributed by atoms with Gasteiger partial charge in [-0.1, -0.05) is 63.1 Å². The van der Waals surface area contributed by atoms with Crippen molar-refractivity contribution < 1.29 is 14.3 Å². The predicted octanol–water partition coefficient (Wildman–Crippen LogP) is 7.85. The number of aromatic carboxylic acids is 1. The Morgan fingerprint density at radius 3 is 2.34 bits per heavy atom. The molecule has 0 unspecified atom stereocenters. The van der Waals surface area contributed by atoms with E-state index in [-0.39, 0.29) is 5.83 Å². The molecule has 0 amide bonds. The highest BCUT2D eigenvalue weighted by atomic mass is 19.1. The van der Waals surface area contributed by atoms with Crippen molar-refractivity contribution in [1.29, 1.82) is 0 Å².